The number of aliphatic hydroxyl groups is 1. The van der Waals surface area contributed by atoms with Crippen molar-refractivity contribution in [2.45, 2.75) is 83.0 Å². The highest BCUT2D eigenvalue weighted by molar-refractivity contribution is 5.74. The molecule has 1 aliphatic heterocycles. The lowest BCUT2D eigenvalue weighted by molar-refractivity contribution is -0.107. The Labute approximate surface area is 134 Å². The van der Waals surface area contributed by atoms with Crippen LogP contribution in [0.15, 0.2) is 0 Å². The zero-order valence-electron chi connectivity index (χ0n) is 14.1. The number of hydrogen-bond acceptors (Lipinski definition) is 3. The topological polar surface area (TPSA) is 70.6 Å². The summed E-state index contributed by atoms with van der Waals surface area (Å²) in [6.45, 7) is 5.23. The fourth-order valence-electron chi connectivity index (χ4n) is 3.60. The molecule has 22 heavy (non-hydrogen) atoms. The molecule has 1 saturated heterocycles. The fraction of sp³-hybridized carbons (Fsp3) is 0.941. The molecular weight excluding hydrogens is 280 g/mol. The van der Waals surface area contributed by atoms with Gasteiger partial charge < -0.3 is 20.5 Å². The summed E-state index contributed by atoms with van der Waals surface area (Å²) < 4.78 is 6.05. The lowest BCUT2D eigenvalue weighted by Crippen LogP contribution is -2.51. The number of aliphatic hydroxyl groups excluding tert-OH is 1. The molecule has 0 aromatic rings. The van der Waals surface area contributed by atoms with Gasteiger partial charge in [0, 0.05) is 19.2 Å². The van der Waals surface area contributed by atoms with Gasteiger partial charge in [-0.1, -0.05) is 33.1 Å². The molecule has 0 aromatic heterocycles. The van der Waals surface area contributed by atoms with E-state index in [0.717, 1.165) is 32.3 Å². The number of ether oxygens (including phenoxy) is 1. The number of hydrogen-bond donors (Lipinski definition) is 3. The molecule has 2 atom stereocenters. The number of carbonyl (C=O) groups is 1. The molecule has 1 aliphatic carbocycles. The molecule has 3 N–H and O–H groups in total. The normalized spacial score (nSPS) is 25.9. The lowest BCUT2D eigenvalue weighted by atomic mass is 9.78. The van der Waals surface area contributed by atoms with Gasteiger partial charge in [-0.05, 0) is 38.0 Å². The summed E-state index contributed by atoms with van der Waals surface area (Å²) in [7, 11) is 0. The van der Waals surface area contributed by atoms with Crippen molar-refractivity contribution in [2.75, 3.05) is 13.2 Å². The molecule has 1 spiro atoms. The van der Waals surface area contributed by atoms with Crippen molar-refractivity contribution in [3.05, 3.63) is 0 Å². The fourth-order valence-corrected chi connectivity index (χ4v) is 3.60. The second-order valence-electron chi connectivity index (χ2n) is 7.28. The average Bonchev–Trinajstić information content (AvgIpc) is 2.47. The highest BCUT2D eigenvalue weighted by Gasteiger charge is 2.38. The van der Waals surface area contributed by atoms with Gasteiger partial charge in [-0.3, -0.25) is 0 Å². The molecule has 2 rings (SSSR count). The molecule has 1 heterocycles. The van der Waals surface area contributed by atoms with E-state index in [1.807, 2.05) is 13.8 Å². The van der Waals surface area contributed by atoms with Crippen LogP contribution in [0.2, 0.25) is 0 Å². The van der Waals surface area contributed by atoms with Crippen LogP contribution in [-0.2, 0) is 4.74 Å². The molecule has 1 saturated carbocycles. The summed E-state index contributed by atoms with van der Waals surface area (Å²) in [5.74, 6) is 0.228. The minimum absolute atomic E-state index is 0.0162. The Hall–Kier alpha value is -0.810. The molecule has 128 valence electrons. The van der Waals surface area contributed by atoms with E-state index in [1.165, 1.54) is 19.3 Å². The van der Waals surface area contributed by atoms with Gasteiger partial charge in [-0.2, -0.15) is 0 Å². The molecule has 0 bridgehead atoms. The summed E-state index contributed by atoms with van der Waals surface area (Å²) in [5, 5.41) is 15.7. The molecule has 2 aliphatic rings. The monoisotopic (exact) mass is 312 g/mol. The van der Waals surface area contributed by atoms with Crippen molar-refractivity contribution in [1.29, 1.82) is 0 Å². The Morgan fingerprint density at radius 1 is 1.32 bits per heavy atom. The van der Waals surface area contributed by atoms with Gasteiger partial charge in [0.2, 0.25) is 0 Å². The van der Waals surface area contributed by atoms with Crippen molar-refractivity contribution in [1.82, 2.24) is 10.6 Å². The summed E-state index contributed by atoms with van der Waals surface area (Å²) >= 11 is 0. The van der Waals surface area contributed by atoms with Crippen LogP contribution in [0.5, 0.6) is 0 Å². The highest BCUT2D eigenvalue weighted by atomic mass is 16.5. The van der Waals surface area contributed by atoms with E-state index in [2.05, 4.69) is 10.6 Å². The maximum atomic E-state index is 12.0. The van der Waals surface area contributed by atoms with Crippen molar-refractivity contribution in [3.63, 3.8) is 0 Å². The highest BCUT2D eigenvalue weighted by Crippen LogP contribution is 2.38. The van der Waals surface area contributed by atoms with Crippen LogP contribution in [0.4, 0.5) is 4.79 Å². The molecule has 0 radical (unpaired) electrons. The lowest BCUT2D eigenvalue weighted by Gasteiger charge is -2.43. The van der Waals surface area contributed by atoms with Gasteiger partial charge >= 0.3 is 6.03 Å². The van der Waals surface area contributed by atoms with Crippen LogP contribution in [0, 0.1) is 5.92 Å². The van der Waals surface area contributed by atoms with Crippen molar-refractivity contribution in [2.24, 2.45) is 5.92 Å². The minimum atomic E-state index is -0.353. The van der Waals surface area contributed by atoms with Gasteiger partial charge in [0.25, 0.3) is 0 Å². The van der Waals surface area contributed by atoms with Gasteiger partial charge in [0.15, 0.2) is 0 Å². The first-order valence-corrected chi connectivity index (χ1v) is 8.87. The van der Waals surface area contributed by atoms with Crippen molar-refractivity contribution < 1.29 is 14.6 Å². The predicted molar refractivity (Wildman–Crippen MR) is 86.8 cm³/mol. The van der Waals surface area contributed by atoms with Crippen LogP contribution in [-0.4, -0.2) is 42.0 Å². The maximum absolute atomic E-state index is 12.0. The second kappa shape index (κ2) is 8.16. The van der Waals surface area contributed by atoms with Crippen molar-refractivity contribution >= 4 is 6.03 Å². The molecule has 5 heteroatoms. The van der Waals surface area contributed by atoms with E-state index in [9.17, 15) is 9.90 Å². The molecule has 2 unspecified atom stereocenters. The summed E-state index contributed by atoms with van der Waals surface area (Å²) in [4.78, 5) is 12.0. The van der Waals surface area contributed by atoms with E-state index in [4.69, 9.17) is 4.74 Å². The Bertz CT molecular complexity index is 348. The Morgan fingerprint density at radius 2 is 2.05 bits per heavy atom. The van der Waals surface area contributed by atoms with E-state index >= 15 is 0 Å². The smallest absolute Gasteiger partial charge is 0.315 e. The summed E-state index contributed by atoms with van der Waals surface area (Å²) in [6, 6.07) is 0.0932. The van der Waals surface area contributed by atoms with Crippen LogP contribution >= 0.6 is 0 Å². The van der Waals surface area contributed by atoms with E-state index in [-0.39, 0.29) is 29.7 Å². The van der Waals surface area contributed by atoms with Gasteiger partial charge in [-0.25, -0.2) is 4.79 Å². The quantitative estimate of drug-likeness (QED) is 0.731. The third kappa shape index (κ3) is 5.13. The van der Waals surface area contributed by atoms with E-state index in [0.29, 0.717) is 13.0 Å². The molecule has 2 amide bonds. The molecule has 0 aromatic carbocycles. The minimum Gasteiger partial charge on any atom is -0.393 e. The van der Waals surface area contributed by atoms with Gasteiger partial charge in [0.05, 0.1) is 11.7 Å². The maximum Gasteiger partial charge on any atom is 0.315 e. The number of rotatable bonds is 5. The van der Waals surface area contributed by atoms with Crippen LogP contribution < -0.4 is 10.6 Å². The van der Waals surface area contributed by atoms with Crippen LogP contribution in [0.3, 0.4) is 0 Å². The second-order valence-corrected chi connectivity index (χ2v) is 7.28. The third-order valence-corrected chi connectivity index (χ3v) is 5.09. The first kappa shape index (κ1) is 17.5. The standard InChI is InChI=1S/C17H32N2O3/c1-13(2)15(20)6-10-18-16(21)19-14-7-11-22-17(12-14)8-4-3-5-9-17/h13-15,20H,3-12H2,1-2H3,(H2,18,19,21). The summed E-state index contributed by atoms with van der Waals surface area (Å²) in [6.07, 6.45) is 8.14. The zero-order valence-corrected chi connectivity index (χ0v) is 14.1. The Kier molecular flexibility index (Phi) is 6.50. The molecular formula is C17H32N2O3. The van der Waals surface area contributed by atoms with Crippen molar-refractivity contribution in [3.8, 4) is 0 Å². The SMILES string of the molecule is CC(C)C(O)CCNC(=O)NC1CCOC2(CCCCC2)C1. The number of urea groups is 1. The first-order chi connectivity index (χ1) is 10.5. The largest absolute Gasteiger partial charge is 0.393 e. The molecule has 2 fully saturated rings. The molecule has 5 nitrogen and oxygen atoms in total. The zero-order chi connectivity index (χ0) is 16.0. The van der Waals surface area contributed by atoms with E-state index < -0.39 is 0 Å². The van der Waals surface area contributed by atoms with Crippen LogP contribution in [0.25, 0.3) is 0 Å². The Balaban J connectivity index is 1.70. The first-order valence-electron chi connectivity index (χ1n) is 8.87. The van der Waals surface area contributed by atoms with E-state index in [1.54, 1.807) is 0 Å². The number of amides is 2. The Morgan fingerprint density at radius 3 is 2.73 bits per heavy atom. The average molecular weight is 312 g/mol. The van der Waals surface area contributed by atoms with Gasteiger partial charge in [0.1, 0.15) is 0 Å². The third-order valence-electron chi connectivity index (χ3n) is 5.09. The van der Waals surface area contributed by atoms with Gasteiger partial charge in [-0.15, -0.1) is 0 Å². The predicted octanol–water partition coefficient (Wildman–Crippen LogP) is 2.57. The van der Waals surface area contributed by atoms with Crippen LogP contribution in [0.1, 0.15) is 65.2 Å². The number of carbonyl (C=O) groups excluding carboxylic acids is 1. The summed E-state index contributed by atoms with van der Waals surface area (Å²) in [5.41, 5.74) is 0.0162. The number of nitrogens with one attached hydrogen (secondary N) is 2.